The van der Waals surface area contributed by atoms with E-state index < -0.39 is 11.9 Å². The monoisotopic (exact) mass is 429 g/mol. The maximum Gasteiger partial charge on any atom is 0.268 e. The van der Waals surface area contributed by atoms with Gasteiger partial charge in [0, 0.05) is 26.1 Å². The summed E-state index contributed by atoms with van der Waals surface area (Å²) < 4.78 is 24.9. The molecule has 3 N–H and O–H groups in total. The number of thiazole rings is 1. The number of aliphatic hydroxyl groups is 2. The number of hydrogen-bond acceptors (Lipinski definition) is 11. The van der Waals surface area contributed by atoms with E-state index in [1.54, 1.807) is 13.1 Å². The summed E-state index contributed by atoms with van der Waals surface area (Å²) in [6.07, 6.45) is 2.22. The largest absolute Gasteiger partial charge is 0.481 e. The summed E-state index contributed by atoms with van der Waals surface area (Å²) in [5.74, 6) is -2.72. The van der Waals surface area contributed by atoms with Crippen molar-refractivity contribution in [1.82, 2.24) is 19.9 Å². The molecular weight excluding hydrogens is 405 g/mol. The lowest BCUT2D eigenvalue weighted by molar-refractivity contribution is -0.278. The third-order valence-corrected chi connectivity index (χ3v) is 5.29. The highest BCUT2D eigenvalue weighted by Gasteiger charge is 2.47. The van der Waals surface area contributed by atoms with Gasteiger partial charge < -0.3 is 29.8 Å². The minimum absolute atomic E-state index is 0.173. The van der Waals surface area contributed by atoms with E-state index in [1.165, 1.54) is 25.3 Å². The van der Waals surface area contributed by atoms with Crippen LogP contribution in [0.5, 0.6) is 11.8 Å². The molecule has 1 aliphatic heterocycles. The fraction of sp³-hybridized carbons (Fsp3) is 0.529. The summed E-state index contributed by atoms with van der Waals surface area (Å²) >= 11 is 0.849. The topological polar surface area (TPSA) is 130 Å². The quantitative estimate of drug-likeness (QED) is 0.451. The number of carbonyl (C=O) groups is 1. The molecule has 2 aromatic heterocycles. The first kappa shape index (κ1) is 22.9. The molecule has 12 heteroatoms. The fourth-order valence-corrected chi connectivity index (χ4v) is 3.72. The van der Waals surface area contributed by atoms with Crippen LogP contribution >= 0.6 is 11.3 Å². The highest BCUT2D eigenvalue weighted by atomic mass is 32.1. The number of nitrogens with zero attached hydrogens (tertiary/aromatic N) is 4. The van der Waals surface area contributed by atoms with Crippen molar-refractivity contribution in [2.45, 2.75) is 38.3 Å². The molecule has 1 saturated heterocycles. The molecule has 2 unspecified atom stereocenters. The standard InChI is InChI=1S/C15H20FN5O4S.C2H4O/c1-8-4-9(25-11-5-10(24-3)18-7-19-11)6-21(8)15(22,23)12-13(16)20-14(17-2)26-12;1-2-3/h5,7-9,22-23H,4,6H2,1-3H3,(H,17,20);2H,1H3. The van der Waals surface area contributed by atoms with E-state index >= 15 is 0 Å². The Hall–Kier alpha value is -2.41. The molecule has 0 saturated carbocycles. The number of halogens is 1. The van der Waals surface area contributed by atoms with E-state index in [0.29, 0.717) is 18.2 Å². The molecule has 1 fully saturated rings. The molecule has 0 aliphatic carbocycles. The van der Waals surface area contributed by atoms with E-state index in [9.17, 15) is 14.6 Å². The minimum atomic E-state index is -2.49. The lowest BCUT2D eigenvalue weighted by atomic mass is 10.2. The molecule has 0 amide bonds. The van der Waals surface area contributed by atoms with Crippen LogP contribution in [0.2, 0.25) is 0 Å². The molecule has 0 spiro atoms. The lowest BCUT2D eigenvalue weighted by Gasteiger charge is -2.33. The molecule has 3 rings (SSSR count). The first-order valence-electron chi connectivity index (χ1n) is 8.75. The van der Waals surface area contributed by atoms with Gasteiger partial charge in [-0.05, 0) is 13.8 Å². The van der Waals surface area contributed by atoms with Crippen molar-refractivity contribution in [1.29, 1.82) is 0 Å². The third kappa shape index (κ3) is 5.35. The van der Waals surface area contributed by atoms with Gasteiger partial charge in [-0.3, -0.25) is 0 Å². The number of nitrogens with one attached hydrogen (secondary N) is 1. The van der Waals surface area contributed by atoms with E-state index in [-0.39, 0.29) is 28.7 Å². The SMILES string of the molecule is CC=O.CNc1nc(F)c(C(O)(O)N2CC(Oc3cc(OC)ncn3)CC2C)s1. The van der Waals surface area contributed by atoms with Crippen molar-refractivity contribution in [3.8, 4) is 11.8 Å². The van der Waals surface area contributed by atoms with Gasteiger partial charge in [0.05, 0.1) is 13.2 Å². The van der Waals surface area contributed by atoms with Gasteiger partial charge in [0.1, 0.15) is 23.6 Å². The van der Waals surface area contributed by atoms with Gasteiger partial charge in [-0.2, -0.15) is 9.37 Å². The molecule has 3 heterocycles. The highest BCUT2D eigenvalue weighted by Crippen LogP contribution is 2.37. The molecule has 10 nitrogen and oxygen atoms in total. The van der Waals surface area contributed by atoms with Crippen LogP contribution in [0.3, 0.4) is 0 Å². The molecular formula is C17H24FN5O5S. The molecule has 160 valence electrons. The number of aldehydes is 1. The van der Waals surface area contributed by atoms with Gasteiger partial charge in [-0.1, -0.05) is 11.3 Å². The van der Waals surface area contributed by atoms with E-state index in [0.717, 1.165) is 17.6 Å². The Morgan fingerprint density at radius 2 is 2.07 bits per heavy atom. The van der Waals surface area contributed by atoms with E-state index in [4.69, 9.17) is 14.3 Å². The number of rotatable bonds is 6. The summed E-state index contributed by atoms with van der Waals surface area (Å²) in [6, 6.07) is 1.28. The van der Waals surface area contributed by atoms with Crippen molar-refractivity contribution in [3.63, 3.8) is 0 Å². The predicted octanol–water partition coefficient (Wildman–Crippen LogP) is 0.964. The summed E-state index contributed by atoms with van der Waals surface area (Å²) in [7, 11) is 3.07. The first-order chi connectivity index (χ1) is 13.8. The number of likely N-dealkylation sites (tertiary alicyclic amines) is 1. The van der Waals surface area contributed by atoms with Gasteiger partial charge in [0.2, 0.25) is 17.7 Å². The summed E-state index contributed by atoms with van der Waals surface area (Å²) in [6.45, 7) is 3.43. The number of aromatic nitrogens is 3. The first-order valence-corrected chi connectivity index (χ1v) is 9.56. The van der Waals surface area contributed by atoms with Crippen LogP contribution in [0.4, 0.5) is 9.52 Å². The number of ether oxygens (including phenoxy) is 2. The average molecular weight is 429 g/mol. The van der Waals surface area contributed by atoms with Crippen molar-refractivity contribution in [3.05, 3.63) is 23.2 Å². The normalized spacial score (nSPS) is 19.3. The molecule has 1 aliphatic rings. The number of anilines is 1. The predicted molar refractivity (Wildman–Crippen MR) is 103 cm³/mol. The summed E-state index contributed by atoms with van der Waals surface area (Å²) in [5.41, 5.74) is 0. The molecule has 29 heavy (non-hydrogen) atoms. The van der Waals surface area contributed by atoms with Crippen molar-refractivity contribution < 1.29 is 28.9 Å². The van der Waals surface area contributed by atoms with Crippen LogP contribution in [-0.2, 0) is 10.7 Å². The van der Waals surface area contributed by atoms with Crippen molar-refractivity contribution in [2.24, 2.45) is 0 Å². The Kier molecular flexibility index (Phi) is 7.79. The maximum absolute atomic E-state index is 14.1. The molecule has 0 aromatic carbocycles. The Morgan fingerprint density at radius 1 is 1.41 bits per heavy atom. The van der Waals surface area contributed by atoms with Crippen LogP contribution < -0.4 is 14.8 Å². The Morgan fingerprint density at radius 3 is 2.66 bits per heavy atom. The van der Waals surface area contributed by atoms with Gasteiger partial charge in [-0.25, -0.2) is 14.9 Å². The van der Waals surface area contributed by atoms with Crippen molar-refractivity contribution in [2.75, 3.05) is 26.0 Å². The molecule has 2 aromatic rings. The lowest BCUT2D eigenvalue weighted by Crippen LogP contribution is -2.48. The van der Waals surface area contributed by atoms with Crippen LogP contribution in [-0.4, -0.2) is 69.2 Å². The second-order valence-electron chi connectivity index (χ2n) is 6.14. The average Bonchev–Trinajstić information content (AvgIpc) is 3.25. The van der Waals surface area contributed by atoms with Gasteiger partial charge in [0.25, 0.3) is 5.91 Å². The highest BCUT2D eigenvalue weighted by molar-refractivity contribution is 7.15. The van der Waals surface area contributed by atoms with Gasteiger partial charge in [-0.15, -0.1) is 0 Å². The van der Waals surface area contributed by atoms with Crippen LogP contribution in [0.15, 0.2) is 12.4 Å². The maximum atomic E-state index is 14.1. The second-order valence-corrected chi connectivity index (χ2v) is 7.13. The zero-order valence-electron chi connectivity index (χ0n) is 16.5. The summed E-state index contributed by atoms with van der Waals surface area (Å²) in [4.78, 5) is 21.5. The number of carbonyl (C=O) groups excluding carboxylic acids is 1. The van der Waals surface area contributed by atoms with Crippen LogP contribution in [0.25, 0.3) is 0 Å². The second kappa shape index (κ2) is 9.87. The third-order valence-electron chi connectivity index (χ3n) is 4.15. The molecule has 2 atom stereocenters. The van der Waals surface area contributed by atoms with E-state index in [1.807, 2.05) is 6.92 Å². The van der Waals surface area contributed by atoms with Crippen LogP contribution in [0, 0.1) is 5.95 Å². The van der Waals surface area contributed by atoms with E-state index in [2.05, 4.69) is 20.3 Å². The summed E-state index contributed by atoms with van der Waals surface area (Å²) in [5, 5.41) is 24.1. The zero-order chi connectivity index (χ0) is 21.6. The Balaban J connectivity index is 0.000000941. The van der Waals surface area contributed by atoms with Gasteiger partial charge >= 0.3 is 0 Å². The smallest absolute Gasteiger partial charge is 0.268 e. The molecule has 0 radical (unpaired) electrons. The van der Waals surface area contributed by atoms with Crippen LogP contribution in [0.1, 0.15) is 25.1 Å². The minimum Gasteiger partial charge on any atom is -0.481 e. The fourth-order valence-electron chi connectivity index (χ4n) is 2.92. The Labute approximate surface area is 171 Å². The number of hydrogen-bond donors (Lipinski definition) is 3. The Bertz CT molecular complexity index is 821. The van der Waals surface area contributed by atoms with Gasteiger partial charge in [0.15, 0.2) is 5.13 Å². The number of methoxy groups -OCH3 is 1. The zero-order valence-corrected chi connectivity index (χ0v) is 17.3. The molecule has 0 bridgehead atoms. The van der Waals surface area contributed by atoms with Crippen molar-refractivity contribution >= 4 is 22.8 Å².